The van der Waals surface area contributed by atoms with E-state index in [4.69, 9.17) is 9.47 Å². The average molecular weight is 431 g/mol. The van der Waals surface area contributed by atoms with Crippen molar-refractivity contribution in [2.75, 3.05) is 25.2 Å². The van der Waals surface area contributed by atoms with Gasteiger partial charge in [0.2, 0.25) is 11.0 Å². The van der Waals surface area contributed by atoms with Gasteiger partial charge in [-0.05, 0) is 23.3 Å². The number of nitrogens with one attached hydrogen (secondary N) is 2. The van der Waals surface area contributed by atoms with Crippen molar-refractivity contribution in [2.45, 2.75) is 17.5 Å². The van der Waals surface area contributed by atoms with Crippen LogP contribution in [0.5, 0.6) is 11.5 Å². The lowest BCUT2D eigenvalue weighted by molar-refractivity contribution is -0.118. The standard InChI is InChI=1S/C20H22N4O3S2/c1-21-19-23-24-20(29-19)28-13-18(25)22-11-15-8-9-16(17(10-15)26-2)27-12-14-6-4-3-5-7-14/h3-10H,11-13H2,1-2H3,(H,21,23)(H,22,25). The van der Waals surface area contributed by atoms with Crippen LogP contribution in [0.3, 0.4) is 0 Å². The van der Waals surface area contributed by atoms with E-state index in [1.165, 1.54) is 23.1 Å². The molecule has 0 aliphatic rings. The van der Waals surface area contributed by atoms with Crippen molar-refractivity contribution in [3.63, 3.8) is 0 Å². The van der Waals surface area contributed by atoms with Gasteiger partial charge in [-0.25, -0.2) is 0 Å². The number of benzene rings is 2. The molecule has 0 fully saturated rings. The molecule has 29 heavy (non-hydrogen) atoms. The molecule has 0 unspecified atom stereocenters. The third kappa shape index (κ3) is 6.37. The van der Waals surface area contributed by atoms with E-state index in [0.717, 1.165) is 20.6 Å². The van der Waals surface area contributed by atoms with Gasteiger partial charge >= 0.3 is 0 Å². The second kappa shape index (κ2) is 10.7. The number of hydrogen-bond donors (Lipinski definition) is 2. The van der Waals surface area contributed by atoms with E-state index in [0.29, 0.717) is 24.7 Å². The first kappa shape index (κ1) is 20.9. The number of thioether (sulfide) groups is 1. The lowest BCUT2D eigenvalue weighted by Crippen LogP contribution is -2.24. The number of amides is 1. The first-order chi connectivity index (χ1) is 14.2. The minimum absolute atomic E-state index is 0.0698. The van der Waals surface area contributed by atoms with Gasteiger partial charge in [-0.3, -0.25) is 4.79 Å². The Hall–Kier alpha value is -2.78. The van der Waals surface area contributed by atoms with Crippen LogP contribution >= 0.6 is 23.1 Å². The zero-order chi connectivity index (χ0) is 20.5. The largest absolute Gasteiger partial charge is 0.493 e. The van der Waals surface area contributed by atoms with Gasteiger partial charge in [-0.15, -0.1) is 10.2 Å². The fourth-order valence-electron chi connectivity index (χ4n) is 2.42. The van der Waals surface area contributed by atoms with Crippen LogP contribution < -0.4 is 20.1 Å². The number of nitrogens with zero attached hydrogens (tertiary/aromatic N) is 2. The molecule has 1 heterocycles. The van der Waals surface area contributed by atoms with Gasteiger partial charge in [0.05, 0.1) is 12.9 Å². The van der Waals surface area contributed by atoms with Crippen LogP contribution in [0.4, 0.5) is 5.13 Å². The molecule has 0 spiro atoms. The molecule has 7 nitrogen and oxygen atoms in total. The lowest BCUT2D eigenvalue weighted by Gasteiger charge is -2.13. The van der Waals surface area contributed by atoms with Crippen molar-refractivity contribution >= 4 is 34.1 Å². The molecule has 3 rings (SSSR count). The summed E-state index contributed by atoms with van der Waals surface area (Å²) in [6, 6.07) is 15.6. The normalized spacial score (nSPS) is 10.4. The highest BCUT2D eigenvalue weighted by molar-refractivity contribution is 8.01. The molecule has 1 aromatic heterocycles. The zero-order valence-corrected chi connectivity index (χ0v) is 17.8. The summed E-state index contributed by atoms with van der Waals surface area (Å²) < 4.78 is 12.1. The van der Waals surface area contributed by atoms with E-state index in [2.05, 4.69) is 20.8 Å². The second-order valence-electron chi connectivity index (χ2n) is 5.95. The summed E-state index contributed by atoms with van der Waals surface area (Å²) in [4.78, 5) is 12.1. The Kier molecular flexibility index (Phi) is 7.71. The molecule has 152 valence electrons. The first-order valence-electron chi connectivity index (χ1n) is 8.92. The van der Waals surface area contributed by atoms with E-state index >= 15 is 0 Å². The number of methoxy groups -OCH3 is 1. The van der Waals surface area contributed by atoms with Gasteiger partial charge in [0.1, 0.15) is 6.61 Å². The number of rotatable bonds is 10. The molecule has 0 atom stereocenters. The molecule has 0 radical (unpaired) electrons. The summed E-state index contributed by atoms with van der Waals surface area (Å²) in [6.45, 7) is 0.873. The van der Waals surface area contributed by atoms with E-state index < -0.39 is 0 Å². The van der Waals surface area contributed by atoms with E-state index in [-0.39, 0.29) is 11.7 Å². The maximum Gasteiger partial charge on any atom is 0.230 e. The Morgan fingerprint density at radius 1 is 1.10 bits per heavy atom. The van der Waals surface area contributed by atoms with Crippen LogP contribution in [0.15, 0.2) is 52.9 Å². The maximum absolute atomic E-state index is 12.1. The van der Waals surface area contributed by atoms with Gasteiger partial charge in [0.25, 0.3) is 0 Å². The van der Waals surface area contributed by atoms with Gasteiger partial charge in [-0.2, -0.15) is 0 Å². The smallest absolute Gasteiger partial charge is 0.230 e. The molecular formula is C20H22N4O3S2. The Labute approximate surface area is 177 Å². The van der Waals surface area contributed by atoms with Crippen LogP contribution in [0.2, 0.25) is 0 Å². The average Bonchev–Trinajstić information content (AvgIpc) is 3.24. The molecule has 0 aliphatic carbocycles. The molecule has 0 aliphatic heterocycles. The van der Waals surface area contributed by atoms with E-state index in [1.54, 1.807) is 14.2 Å². The fraction of sp³-hybridized carbons (Fsp3) is 0.250. The predicted octanol–water partition coefficient (Wildman–Crippen LogP) is 3.58. The highest BCUT2D eigenvalue weighted by Gasteiger charge is 2.10. The molecule has 0 saturated carbocycles. The number of carbonyl (C=O) groups excluding carboxylic acids is 1. The van der Waals surface area contributed by atoms with Crippen molar-refractivity contribution in [3.05, 3.63) is 59.7 Å². The predicted molar refractivity (Wildman–Crippen MR) is 116 cm³/mol. The third-order valence-electron chi connectivity index (χ3n) is 3.90. The summed E-state index contributed by atoms with van der Waals surface area (Å²) in [5, 5.41) is 14.5. The number of hydrogen-bond acceptors (Lipinski definition) is 8. The molecule has 0 bridgehead atoms. The van der Waals surface area contributed by atoms with Crippen LogP contribution in [-0.2, 0) is 17.9 Å². The van der Waals surface area contributed by atoms with Crippen molar-refractivity contribution in [2.24, 2.45) is 0 Å². The molecular weight excluding hydrogens is 408 g/mol. The van der Waals surface area contributed by atoms with Crippen LogP contribution in [0.25, 0.3) is 0 Å². The van der Waals surface area contributed by atoms with Crippen LogP contribution in [-0.4, -0.2) is 36.0 Å². The third-order valence-corrected chi connectivity index (χ3v) is 5.98. The number of aromatic nitrogens is 2. The van der Waals surface area contributed by atoms with Crippen molar-refractivity contribution < 1.29 is 14.3 Å². The quantitative estimate of drug-likeness (QED) is 0.476. The van der Waals surface area contributed by atoms with Crippen molar-refractivity contribution in [3.8, 4) is 11.5 Å². The molecule has 9 heteroatoms. The highest BCUT2D eigenvalue weighted by Crippen LogP contribution is 2.29. The van der Waals surface area contributed by atoms with Crippen molar-refractivity contribution in [1.82, 2.24) is 15.5 Å². The molecule has 1 amide bonds. The van der Waals surface area contributed by atoms with Gasteiger partial charge in [0, 0.05) is 13.6 Å². The molecule has 0 saturated heterocycles. The highest BCUT2D eigenvalue weighted by atomic mass is 32.2. The zero-order valence-electron chi connectivity index (χ0n) is 16.2. The minimum Gasteiger partial charge on any atom is -0.493 e. The topological polar surface area (TPSA) is 85.4 Å². The minimum atomic E-state index is -0.0698. The lowest BCUT2D eigenvalue weighted by atomic mass is 10.2. The Morgan fingerprint density at radius 2 is 1.93 bits per heavy atom. The monoisotopic (exact) mass is 430 g/mol. The first-order valence-corrected chi connectivity index (χ1v) is 10.7. The number of carbonyl (C=O) groups is 1. The molecule has 2 aromatic carbocycles. The van der Waals surface area contributed by atoms with Gasteiger partial charge in [0.15, 0.2) is 15.8 Å². The maximum atomic E-state index is 12.1. The van der Waals surface area contributed by atoms with Crippen molar-refractivity contribution in [1.29, 1.82) is 0 Å². The fourth-order valence-corrected chi connectivity index (χ4v) is 3.96. The Balaban J connectivity index is 1.49. The number of ether oxygens (including phenoxy) is 2. The second-order valence-corrected chi connectivity index (χ2v) is 8.15. The SMILES string of the molecule is CNc1nnc(SCC(=O)NCc2ccc(OCc3ccccc3)c(OC)c2)s1. The summed E-state index contributed by atoms with van der Waals surface area (Å²) in [7, 11) is 3.39. The summed E-state index contributed by atoms with van der Waals surface area (Å²) in [5.74, 6) is 1.52. The Morgan fingerprint density at radius 3 is 2.66 bits per heavy atom. The van der Waals surface area contributed by atoms with Crippen LogP contribution in [0, 0.1) is 0 Å². The summed E-state index contributed by atoms with van der Waals surface area (Å²) >= 11 is 2.78. The summed E-state index contributed by atoms with van der Waals surface area (Å²) in [6.07, 6.45) is 0. The molecule has 2 N–H and O–H groups in total. The van der Waals surface area contributed by atoms with Crippen LogP contribution in [0.1, 0.15) is 11.1 Å². The van der Waals surface area contributed by atoms with E-state index in [1.807, 2.05) is 48.5 Å². The number of anilines is 1. The summed E-state index contributed by atoms with van der Waals surface area (Å²) in [5.41, 5.74) is 2.02. The van der Waals surface area contributed by atoms with E-state index in [9.17, 15) is 4.79 Å². The Bertz CT molecular complexity index is 934. The van der Waals surface area contributed by atoms with Gasteiger partial charge in [-0.1, -0.05) is 59.5 Å². The molecule has 3 aromatic rings. The van der Waals surface area contributed by atoms with Gasteiger partial charge < -0.3 is 20.1 Å².